The highest BCUT2D eigenvalue weighted by Gasteiger charge is 2.31. The summed E-state index contributed by atoms with van der Waals surface area (Å²) in [6.45, 7) is -0.0831. The number of nitrogens with zero attached hydrogens (tertiary/aromatic N) is 1. The van der Waals surface area contributed by atoms with Gasteiger partial charge < -0.3 is 19.7 Å². The van der Waals surface area contributed by atoms with Gasteiger partial charge in [0.05, 0.1) is 11.3 Å². The second-order valence-electron chi connectivity index (χ2n) is 6.90. The lowest BCUT2D eigenvalue weighted by Gasteiger charge is -2.20. The molecule has 0 unspecified atom stereocenters. The summed E-state index contributed by atoms with van der Waals surface area (Å²) in [6, 6.07) is 17.1. The van der Waals surface area contributed by atoms with Gasteiger partial charge in [-0.05, 0) is 48.5 Å². The van der Waals surface area contributed by atoms with Crippen LogP contribution in [0.4, 0.5) is 10.1 Å². The number of fused-ring (bicyclic) bond motifs is 1. The summed E-state index contributed by atoms with van der Waals surface area (Å²) in [5, 5.41) is 2.57. The summed E-state index contributed by atoms with van der Waals surface area (Å²) >= 11 is 3.37. The number of likely N-dealkylation sites (N-methyl/N-ethyl adjacent to an activating group) is 1. The molecular formula is C23H18BrFN2O4. The Morgan fingerprint density at radius 3 is 2.68 bits per heavy atom. The van der Waals surface area contributed by atoms with E-state index in [9.17, 15) is 14.0 Å². The first kappa shape index (κ1) is 20.9. The van der Waals surface area contributed by atoms with E-state index in [2.05, 4.69) is 21.2 Å². The second-order valence-corrected chi connectivity index (χ2v) is 7.82. The van der Waals surface area contributed by atoms with Gasteiger partial charge >= 0.3 is 0 Å². The highest BCUT2D eigenvalue weighted by Crippen LogP contribution is 2.33. The van der Waals surface area contributed by atoms with E-state index in [0.717, 1.165) is 10.5 Å². The van der Waals surface area contributed by atoms with E-state index in [0.29, 0.717) is 22.9 Å². The number of nitrogens with one attached hydrogen (secondary N) is 1. The number of rotatable bonds is 4. The average molecular weight is 485 g/mol. The summed E-state index contributed by atoms with van der Waals surface area (Å²) in [5.74, 6) is -0.467. The number of hydrogen-bond acceptors (Lipinski definition) is 4. The highest BCUT2D eigenvalue weighted by atomic mass is 79.9. The summed E-state index contributed by atoms with van der Waals surface area (Å²) in [6.07, 6.45) is 0. The SMILES string of the molecule is CN1C(=O)[C@@H](NC(=O)c2cc(Oc3ccccc3)ccc2F)COc2cc(Br)ccc21. The van der Waals surface area contributed by atoms with Crippen LogP contribution in [0.25, 0.3) is 0 Å². The minimum atomic E-state index is -0.984. The number of benzene rings is 3. The Labute approximate surface area is 186 Å². The molecule has 0 aromatic heterocycles. The van der Waals surface area contributed by atoms with Gasteiger partial charge in [-0.1, -0.05) is 34.1 Å². The lowest BCUT2D eigenvalue weighted by atomic mass is 10.1. The highest BCUT2D eigenvalue weighted by molar-refractivity contribution is 9.10. The molecule has 31 heavy (non-hydrogen) atoms. The third-order valence-corrected chi connectivity index (χ3v) is 5.28. The fourth-order valence-electron chi connectivity index (χ4n) is 3.18. The number of amides is 2. The Balaban J connectivity index is 1.53. The molecule has 1 heterocycles. The molecule has 2 amide bonds. The maximum absolute atomic E-state index is 14.4. The molecule has 4 rings (SSSR count). The molecular weight excluding hydrogens is 467 g/mol. The minimum Gasteiger partial charge on any atom is -0.489 e. The van der Waals surface area contributed by atoms with Crippen molar-refractivity contribution >= 4 is 33.4 Å². The zero-order valence-corrected chi connectivity index (χ0v) is 18.1. The van der Waals surface area contributed by atoms with E-state index < -0.39 is 17.8 Å². The first-order valence-corrected chi connectivity index (χ1v) is 10.2. The van der Waals surface area contributed by atoms with Crippen LogP contribution < -0.4 is 19.7 Å². The summed E-state index contributed by atoms with van der Waals surface area (Å²) in [5.41, 5.74) is 0.350. The molecule has 1 atom stereocenters. The number of carbonyl (C=O) groups excluding carboxylic acids is 2. The normalized spacial score (nSPS) is 15.5. The van der Waals surface area contributed by atoms with Crippen molar-refractivity contribution in [1.29, 1.82) is 0 Å². The predicted octanol–water partition coefficient (Wildman–Crippen LogP) is 4.53. The van der Waals surface area contributed by atoms with Gasteiger partial charge in [0.25, 0.3) is 11.8 Å². The lowest BCUT2D eigenvalue weighted by molar-refractivity contribution is -0.120. The van der Waals surface area contributed by atoms with Crippen molar-refractivity contribution in [3.05, 3.63) is 82.6 Å². The van der Waals surface area contributed by atoms with Gasteiger partial charge in [-0.2, -0.15) is 0 Å². The summed E-state index contributed by atoms with van der Waals surface area (Å²) in [7, 11) is 1.60. The predicted molar refractivity (Wildman–Crippen MR) is 117 cm³/mol. The topological polar surface area (TPSA) is 67.9 Å². The molecule has 0 spiro atoms. The van der Waals surface area contributed by atoms with Crippen LogP contribution in [-0.4, -0.2) is 31.5 Å². The van der Waals surface area contributed by atoms with Crippen LogP contribution in [-0.2, 0) is 4.79 Å². The van der Waals surface area contributed by atoms with Crippen LogP contribution in [0.3, 0.4) is 0 Å². The van der Waals surface area contributed by atoms with Gasteiger partial charge in [0.15, 0.2) is 0 Å². The number of carbonyl (C=O) groups is 2. The van der Waals surface area contributed by atoms with E-state index in [4.69, 9.17) is 9.47 Å². The van der Waals surface area contributed by atoms with E-state index in [1.165, 1.54) is 17.0 Å². The Hall–Kier alpha value is -3.39. The Morgan fingerprint density at radius 2 is 1.90 bits per heavy atom. The van der Waals surface area contributed by atoms with Crippen molar-refractivity contribution in [2.75, 3.05) is 18.6 Å². The Bertz CT molecular complexity index is 1140. The van der Waals surface area contributed by atoms with Crippen molar-refractivity contribution in [1.82, 2.24) is 5.32 Å². The van der Waals surface area contributed by atoms with E-state index in [-0.39, 0.29) is 18.1 Å². The van der Waals surface area contributed by atoms with Crippen molar-refractivity contribution < 1.29 is 23.5 Å². The van der Waals surface area contributed by atoms with Gasteiger partial charge in [-0.25, -0.2) is 4.39 Å². The van der Waals surface area contributed by atoms with Gasteiger partial charge in [0.1, 0.15) is 35.7 Å². The molecule has 0 saturated heterocycles. The molecule has 6 nitrogen and oxygen atoms in total. The average Bonchev–Trinajstić information content (AvgIpc) is 2.87. The minimum absolute atomic E-state index is 0.0831. The van der Waals surface area contributed by atoms with Crippen LogP contribution in [0.1, 0.15) is 10.4 Å². The molecule has 158 valence electrons. The van der Waals surface area contributed by atoms with Gasteiger partial charge in [-0.15, -0.1) is 0 Å². The van der Waals surface area contributed by atoms with Gasteiger partial charge in [-0.3, -0.25) is 9.59 Å². The molecule has 0 saturated carbocycles. The monoisotopic (exact) mass is 484 g/mol. The van der Waals surface area contributed by atoms with E-state index in [1.807, 2.05) is 6.07 Å². The van der Waals surface area contributed by atoms with Crippen molar-refractivity contribution in [2.45, 2.75) is 6.04 Å². The first-order valence-electron chi connectivity index (χ1n) is 9.45. The standard InChI is InChI=1S/C23H18BrFN2O4/c1-27-20-10-7-14(24)11-21(20)30-13-19(23(27)29)26-22(28)17-12-16(8-9-18(17)25)31-15-5-3-2-4-6-15/h2-12,19H,13H2,1H3,(H,26,28)/t19-/m0/s1. The zero-order valence-electron chi connectivity index (χ0n) is 16.5. The van der Waals surface area contributed by atoms with Gasteiger partial charge in [0.2, 0.25) is 0 Å². The van der Waals surface area contributed by atoms with Gasteiger partial charge in [0, 0.05) is 11.5 Å². The number of anilines is 1. The molecule has 3 aromatic carbocycles. The molecule has 1 N–H and O–H groups in total. The molecule has 0 bridgehead atoms. The van der Waals surface area contributed by atoms with Crippen LogP contribution in [0.15, 0.2) is 71.2 Å². The molecule has 8 heteroatoms. The lowest BCUT2D eigenvalue weighted by Crippen LogP contribution is -2.49. The van der Waals surface area contributed by atoms with E-state index >= 15 is 0 Å². The van der Waals surface area contributed by atoms with Crippen LogP contribution >= 0.6 is 15.9 Å². The zero-order chi connectivity index (χ0) is 22.0. The van der Waals surface area contributed by atoms with Crippen molar-refractivity contribution in [2.24, 2.45) is 0 Å². The summed E-state index contributed by atoms with van der Waals surface area (Å²) < 4.78 is 26.6. The molecule has 1 aliphatic rings. The largest absolute Gasteiger partial charge is 0.489 e. The van der Waals surface area contributed by atoms with Crippen molar-refractivity contribution in [3.63, 3.8) is 0 Å². The smallest absolute Gasteiger partial charge is 0.255 e. The molecule has 3 aromatic rings. The van der Waals surface area contributed by atoms with Crippen LogP contribution in [0, 0.1) is 5.82 Å². The maximum Gasteiger partial charge on any atom is 0.255 e. The maximum atomic E-state index is 14.4. The molecule has 0 fully saturated rings. The summed E-state index contributed by atoms with van der Waals surface area (Å²) in [4.78, 5) is 27.1. The molecule has 0 radical (unpaired) electrons. The quantitative estimate of drug-likeness (QED) is 0.590. The third kappa shape index (κ3) is 4.54. The first-order chi connectivity index (χ1) is 14.9. The molecule has 0 aliphatic carbocycles. The second kappa shape index (κ2) is 8.77. The molecule has 1 aliphatic heterocycles. The third-order valence-electron chi connectivity index (χ3n) is 4.78. The van der Waals surface area contributed by atoms with Crippen molar-refractivity contribution in [3.8, 4) is 17.2 Å². The fraction of sp³-hybridized carbons (Fsp3) is 0.130. The number of para-hydroxylation sites is 1. The van der Waals surface area contributed by atoms with Crippen LogP contribution in [0.2, 0.25) is 0 Å². The number of hydrogen-bond donors (Lipinski definition) is 1. The Morgan fingerprint density at radius 1 is 1.13 bits per heavy atom. The van der Waals surface area contributed by atoms with E-state index in [1.54, 1.807) is 49.5 Å². The fourth-order valence-corrected chi connectivity index (χ4v) is 3.52. The number of halogens is 2. The number of ether oxygens (including phenoxy) is 2. The Kier molecular flexibility index (Phi) is 5.90. The van der Waals surface area contributed by atoms with Crippen LogP contribution in [0.5, 0.6) is 17.2 Å².